The second kappa shape index (κ2) is 5.39. The fourth-order valence-electron chi connectivity index (χ4n) is 2.30. The lowest BCUT2D eigenvalue weighted by molar-refractivity contribution is -0.0511. The van der Waals surface area contributed by atoms with Gasteiger partial charge in [-0.05, 0) is 6.26 Å². The van der Waals surface area contributed by atoms with Crippen molar-refractivity contribution in [2.45, 2.75) is 29.7 Å². The fraction of sp³-hybridized carbons (Fsp3) is 0.545. The number of thioether (sulfide) groups is 1. The van der Waals surface area contributed by atoms with E-state index >= 15 is 0 Å². The van der Waals surface area contributed by atoms with Crippen molar-refractivity contribution in [3.8, 4) is 0 Å². The summed E-state index contributed by atoms with van der Waals surface area (Å²) < 4.78 is 6.95. The predicted molar refractivity (Wildman–Crippen MR) is 74.5 cm³/mol. The Labute approximate surface area is 123 Å². The molecule has 3 heterocycles. The van der Waals surface area contributed by atoms with Gasteiger partial charge in [0.15, 0.2) is 22.8 Å². The molecule has 10 heteroatoms. The number of nitrogens with two attached hydrogens (primary N) is 1. The number of ether oxygens (including phenoxy) is 1. The lowest BCUT2D eigenvalue weighted by Gasteiger charge is -2.16. The molecule has 0 aromatic carbocycles. The summed E-state index contributed by atoms with van der Waals surface area (Å²) in [5.41, 5.74) is 6.63. The van der Waals surface area contributed by atoms with Crippen molar-refractivity contribution in [2.24, 2.45) is 0 Å². The molecule has 2 aromatic heterocycles. The van der Waals surface area contributed by atoms with Crippen LogP contribution in [-0.2, 0) is 4.74 Å². The van der Waals surface area contributed by atoms with Crippen LogP contribution in [0.5, 0.6) is 0 Å². The highest BCUT2D eigenvalue weighted by molar-refractivity contribution is 7.98. The van der Waals surface area contributed by atoms with E-state index in [1.165, 1.54) is 22.7 Å². The maximum atomic E-state index is 10.1. The molecule has 5 N–H and O–H groups in total. The van der Waals surface area contributed by atoms with Gasteiger partial charge in [-0.15, -0.1) is 0 Å². The molecular weight excluding hydrogens is 298 g/mol. The van der Waals surface area contributed by atoms with Gasteiger partial charge < -0.3 is 25.8 Å². The molecule has 2 aromatic rings. The normalized spacial score (nSPS) is 29.3. The molecule has 1 aliphatic heterocycles. The van der Waals surface area contributed by atoms with Crippen molar-refractivity contribution in [1.29, 1.82) is 0 Å². The van der Waals surface area contributed by atoms with Crippen molar-refractivity contribution < 1.29 is 20.1 Å². The molecule has 0 saturated carbocycles. The van der Waals surface area contributed by atoms with Crippen LogP contribution in [0.4, 0.5) is 5.82 Å². The second-order valence-corrected chi connectivity index (χ2v) is 5.42. The minimum absolute atomic E-state index is 0.231. The summed E-state index contributed by atoms with van der Waals surface area (Å²) in [5.74, 6) is 0.231. The Kier molecular flexibility index (Phi) is 3.71. The summed E-state index contributed by atoms with van der Waals surface area (Å²) >= 11 is 1.32. The first-order chi connectivity index (χ1) is 10.1. The third-order valence-electron chi connectivity index (χ3n) is 3.40. The summed E-state index contributed by atoms with van der Waals surface area (Å²) in [6, 6.07) is 0. The number of aromatic nitrogens is 4. The van der Waals surface area contributed by atoms with Gasteiger partial charge in [0.1, 0.15) is 23.8 Å². The number of anilines is 1. The summed E-state index contributed by atoms with van der Waals surface area (Å²) in [6.07, 6.45) is -0.911. The van der Waals surface area contributed by atoms with E-state index in [9.17, 15) is 10.2 Å². The molecule has 0 unspecified atom stereocenters. The Balaban J connectivity index is 2.07. The lowest BCUT2D eigenvalue weighted by atomic mass is 10.1. The zero-order chi connectivity index (χ0) is 15.1. The minimum atomic E-state index is -1.20. The summed E-state index contributed by atoms with van der Waals surface area (Å²) in [5, 5.41) is 29.5. The van der Waals surface area contributed by atoms with Crippen LogP contribution in [0.25, 0.3) is 11.2 Å². The number of aliphatic hydroxyl groups is 3. The maximum Gasteiger partial charge on any atom is 0.191 e. The van der Waals surface area contributed by atoms with Gasteiger partial charge in [0.2, 0.25) is 0 Å². The number of imidazole rings is 1. The standard InChI is InChI=1S/C11H15N5O4S/c1-21-11-14-8(12)5-9(15-11)16(3-13-5)10-7(19)6(18)4(2-17)20-10/h3-4,6-7,10,17-19H,2H2,1H3,(H2,12,14,15)/t4-,6+,7-,10-/m1/s1. The van der Waals surface area contributed by atoms with Crippen molar-refractivity contribution in [3.63, 3.8) is 0 Å². The lowest BCUT2D eigenvalue weighted by Crippen LogP contribution is -2.33. The van der Waals surface area contributed by atoms with Crippen molar-refractivity contribution >= 4 is 28.7 Å². The van der Waals surface area contributed by atoms with Crippen molar-refractivity contribution in [1.82, 2.24) is 19.5 Å². The van der Waals surface area contributed by atoms with Gasteiger partial charge in [0.05, 0.1) is 12.9 Å². The topological polar surface area (TPSA) is 140 Å². The molecule has 1 fully saturated rings. The number of fused-ring (bicyclic) bond motifs is 1. The highest BCUT2D eigenvalue weighted by Gasteiger charge is 2.44. The number of nitrogen functional groups attached to an aromatic ring is 1. The van der Waals surface area contributed by atoms with Gasteiger partial charge in [0.25, 0.3) is 0 Å². The Bertz CT molecular complexity index is 665. The monoisotopic (exact) mass is 313 g/mol. The number of hydrogen-bond acceptors (Lipinski definition) is 9. The summed E-state index contributed by atoms with van der Waals surface area (Å²) in [6.45, 7) is -0.394. The first kappa shape index (κ1) is 14.5. The molecule has 3 rings (SSSR count). The zero-order valence-corrected chi connectivity index (χ0v) is 11.9. The Morgan fingerprint density at radius 2 is 2.14 bits per heavy atom. The quantitative estimate of drug-likeness (QED) is 0.404. The van der Waals surface area contributed by atoms with Gasteiger partial charge in [-0.25, -0.2) is 15.0 Å². The van der Waals surface area contributed by atoms with E-state index in [0.717, 1.165) is 0 Å². The average Bonchev–Trinajstić information content (AvgIpc) is 3.02. The molecule has 0 amide bonds. The largest absolute Gasteiger partial charge is 0.394 e. The van der Waals surface area contributed by atoms with E-state index < -0.39 is 31.1 Å². The van der Waals surface area contributed by atoms with Gasteiger partial charge in [0, 0.05) is 0 Å². The maximum absolute atomic E-state index is 10.1. The molecule has 0 bridgehead atoms. The van der Waals surface area contributed by atoms with E-state index in [2.05, 4.69) is 15.0 Å². The first-order valence-corrected chi connectivity index (χ1v) is 7.45. The zero-order valence-electron chi connectivity index (χ0n) is 11.1. The van der Waals surface area contributed by atoms with Gasteiger partial charge in [-0.2, -0.15) is 0 Å². The molecule has 9 nitrogen and oxygen atoms in total. The molecule has 1 saturated heterocycles. The SMILES string of the molecule is CSc1nc(N)c2ncn([C@@H]3O[C@H](CO)[C@H](O)[C@H]3O)c2n1. The Morgan fingerprint density at radius 1 is 1.38 bits per heavy atom. The van der Waals surface area contributed by atoms with Crippen LogP contribution in [0.3, 0.4) is 0 Å². The summed E-state index contributed by atoms with van der Waals surface area (Å²) in [4.78, 5) is 12.5. The predicted octanol–water partition coefficient (Wildman–Crippen LogP) is -1.26. The molecule has 21 heavy (non-hydrogen) atoms. The molecule has 1 aliphatic rings. The second-order valence-electron chi connectivity index (χ2n) is 4.65. The van der Waals surface area contributed by atoms with E-state index in [0.29, 0.717) is 16.3 Å². The van der Waals surface area contributed by atoms with Gasteiger partial charge in [-0.3, -0.25) is 4.57 Å². The molecule has 0 spiro atoms. The number of hydrogen-bond donors (Lipinski definition) is 4. The Morgan fingerprint density at radius 3 is 2.76 bits per heavy atom. The van der Waals surface area contributed by atoms with E-state index in [1.807, 2.05) is 6.26 Å². The third-order valence-corrected chi connectivity index (χ3v) is 3.95. The van der Waals surface area contributed by atoms with Crippen LogP contribution in [0.1, 0.15) is 6.23 Å². The van der Waals surface area contributed by atoms with E-state index in [1.54, 1.807) is 0 Å². The van der Waals surface area contributed by atoms with Crippen molar-refractivity contribution in [3.05, 3.63) is 6.33 Å². The Hall–Kier alpha value is -1.46. The van der Waals surface area contributed by atoms with Gasteiger partial charge >= 0.3 is 0 Å². The fourth-order valence-corrected chi connectivity index (χ4v) is 2.67. The molecule has 0 radical (unpaired) electrons. The highest BCUT2D eigenvalue weighted by atomic mass is 32.2. The molecular formula is C11H15N5O4S. The smallest absolute Gasteiger partial charge is 0.191 e. The average molecular weight is 313 g/mol. The number of aliphatic hydroxyl groups excluding tert-OH is 3. The minimum Gasteiger partial charge on any atom is -0.394 e. The number of rotatable bonds is 3. The number of nitrogens with zero attached hydrogens (tertiary/aromatic N) is 4. The van der Waals surface area contributed by atoms with Crippen LogP contribution < -0.4 is 5.73 Å². The van der Waals surface area contributed by atoms with Gasteiger partial charge in [-0.1, -0.05) is 11.8 Å². The molecule has 114 valence electrons. The highest BCUT2D eigenvalue weighted by Crippen LogP contribution is 2.32. The molecule has 0 aliphatic carbocycles. The van der Waals surface area contributed by atoms with Crippen LogP contribution in [-0.4, -0.2) is 66.0 Å². The van der Waals surface area contributed by atoms with E-state index in [4.69, 9.17) is 15.6 Å². The first-order valence-electron chi connectivity index (χ1n) is 6.23. The molecule has 4 atom stereocenters. The van der Waals surface area contributed by atoms with Crippen molar-refractivity contribution in [2.75, 3.05) is 18.6 Å². The van der Waals surface area contributed by atoms with E-state index in [-0.39, 0.29) is 5.82 Å². The third kappa shape index (κ3) is 2.24. The van der Waals surface area contributed by atoms with Crippen LogP contribution in [0.2, 0.25) is 0 Å². The van der Waals surface area contributed by atoms with Crippen LogP contribution in [0.15, 0.2) is 11.5 Å². The van der Waals surface area contributed by atoms with Crippen LogP contribution in [0, 0.1) is 0 Å². The van der Waals surface area contributed by atoms with Crippen LogP contribution >= 0.6 is 11.8 Å². The summed E-state index contributed by atoms with van der Waals surface area (Å²) in [7, 11) is 0.